The Bertz CT molecular complexity index is 1790. The lowest BCUT2D eigenvalue weighted by Gasteiger charge is -2.18. The highest BCUT2D eigenvalue weighted by molar-refractivity contribution is 7.89. The quantitative estimate of drug-likeness (QED) is 0.281. The van der Waals surface area contributed by atoms with E-state index in [0.29, 0.717) is 22.0 Å². The molecule has 2 aromatic heterocycles. The molecule has 1 amide bonds. The predicted octanol–water partition coefficient (Wildman–Crippen LogP) is 3.49. The topological polar surface area (TPSA) is 141 Å². The number of nitrogens with zero attached hydrogens (tertiary/aromatic N) is 3. The summed E-state index contributed by atoms with van der Waals surface area (Å²) in [6.07, 6.45) is 2.23. The van der Waals surface area contributed by atoms with Crippen molar-refractivity contribution in [1.29, 1.82) is 0 Å². The zero-order valence-corrected chi connectivity index (χ0v) is 23.4. The summed E-state index contributed by atoms with van der Waals surface area (Å²) in [4.78, 5) is 42.7. The fourth-order valence-corrected chi connectivity index (χ4v) is 4.46. The average Bonchev–Trinajstić information content (AvgIpc) is 2.91. The number of aromatic nitrogens is 3. The Kier molecular flexibility index (Phi) is 8.89. The summed E-state index contributed by atoms with van der Waals surface area (Å²) in [7, 11) is -3.82. The van der Waals surface area contributed by atoms with Crippen LogP contribution in [0.3, 0.4) is 0 Å². The first kappa shape index (κ1) is 29.5. The number of rotatable bonds is 10. The zero-order chi connectivity index (χ0) is 29.7. The highest BCUT2D eigenvalue weighted by atomic mass is 35.5. The second-order valence-corrected chi connectivity index (χ2v) is 11.3. The summed E-state index contributed by atoms with van der Waals surface area (Å²) in [5.74, 6) is -2.20. The summed E-state index contributed by atoms with van der Waals surface area (Å²) < 4.78 is 46.3. The van der Waals surface area contributed by atoms with Crippen molar-refractivity contribution < 1.29 is 22.3 Å². The van der Waals surface area contributed by atoms with Gasteiger partial charge in [0.15, 0.2) is 5.82 Å². The van der Waals surface area contributed by atoms with Gasteiger partial charge < -0.3 is 10.1 Å². The number of carbonyl (C=O) groups is 1. The van der Waals surface area contributed by atoms with Gasteiger partial charge in [-0.2, -0.15) is 0 Å². The molecular formula is C27H25ClFN5O6S. The fraction of sp³-hybridized carbons (Fsp3) is 0.185. The number of ether oxygens (including phenoxy) is 1. The smallest absolute Gasteiger partial charge is 0.332 e. The molecule has 0 aliphatic rings. The van der Waals surface area contributed by atoms with Crippen LogP contribution in [-0.4, -0.2) is 34.7 Å². The van der Waals surface area contributed by atoms with Crippen LogP contribution in [0, 0.1) is 11.7 Å². The summed E-state index contributed by atoms with van der Waals surface area (Å²) in [5, 5.41) is 3.55. The van der Waals surface area contributed by atoms with E-state index in [2.05, 4.69) is 10.3 Å². The third-order valence-corrected chi connectivity index (χ3v) is 6.61. The van der Waals surface area contributed by atoms with Crippen molar-refractivity contribution in [3.63, 3.8) is 0 Å². The highest BCUT2D eigenvalue weighted by Gasteiger charge is 2.21. The lowest BCUT2D eigenvalue weighted by molar-refractivity contribution is -0.123. The van der Waals surface area contributed by atoms with Crippen LogP contribution in [0.25, 0.3) is 0 Å². The number of hydrogen-bond donors (Lipinski definition) is 2. The number of benzene rings is 2. The molecule has 14 heteroatoms. The van der Waals surface area contributed by atoms with Gasteiger partial charge in [0, 0.05) is 29.5 Å². The average molecular weight is 602 g/mol. The van der Waals surface area contributed by atoms with Crippen molar-refractivity contribution in [3.8, 4) is 11.6 Å². The van der Waals surface area contributed by atoms with Gasteiger partial charge in [-0.15, -0.1) is 0 Å². The summed E-state index contributed by atoms with van der Waals surface area (Å²) in [6.45, 7) is 1.10. The van der Waals surface area contributed by atoms with E-state index in [1.54, 1.807) is 48.5 Å². The van der Waals surface area contributed by atoms with Gasteiger partial charge in [0.05, 0.1) is 18.7 Å². The minimum atomic E-state index is -3.82. The molecule has 0 bridgehead atoms. The van der Waals surface area contributed by atoms with E-state index in [-0.39, 0.29) is 24.8 Å². The molecule has 0 radical (unpaired) electrons. The van der Waals surface area contributed by atoms with Crippen LogP contribution in [0.15, 0.2) is 82.5 Å². The molecule has 0 fully saturated rings. The maximum absolute atomic E-state index is 13.9. The first-order valence-corrected chi connectivity index (χ1v) is 14.4. The SMILES string of the molecule is CC(Cn1c(=O)cc(Nc2ccc(Oc3ncccc3F)cc2)n(Cc2ccc(Cl)cc2)c1=O)C(=O)NS(C)(=O)=O. The molecule has 2 heterocycles. The van der Waals surface area contributed by atoms with Crippen molar-refractivity contribution in [3.05, 3.63) is 110 Å². The Morgan fingerprint density at radius 1 is 1.07 bits per heavy atom. The minimum absolute atomic E-state index is 0.0443. The Hall–Kier alpha value is -4.49. The number of hydrogen-bond acceptors (Lipinski definition) is 8. The molecular weight excluding hydrogens is 577 g/mol. The molecule has 0 spiro atoms. The maximum Gasteiger partial charge on any atom is 0.332 e. The molecule has 2 aromatic carbocycles. The Morgan fingerprint density at radius 2 is 1.76 bits per heavy atom. The largest absolute Gasteiger partial charge is 0.436 e. The van der Waals surface area contributed by atoms with Gasteiger partial charge in [0.1, 0.15) is 11.6 Å². The predicted molar refractivity (Wildman–Crippen MR) is 152 cm³/mol. The molecule has 0 aliphatic carbocycles. The van der Waals surface area contributed by atoms with Gasteiger partial charge in [-0.3, -0.25) is 23.4 Å². The molecule has 1 unspecified atom stereocenters. The van der Waals surface area contributed by atoms with E-state index in [9.17, 15) is 27.2 Å². The normalized spacial score (nSPS) is 12.0. The van der Waals surface area contributed by atoms with Gasteiger partial charge in [0.25, 0.3) is 11.4 Å². The van der Waals surface area contributed by atoms with E-state index in [4.69, 9.17) is 16.3 Å². The van der Waals surface area contributed by atoms with E-state index in [0.717, 1.165) is 10.8 Å². The number of amides is 1. The summed E-state index contributed by atoms with van der Waals surface area (Å²) >= 11 is 5.99. The molecule has 2 N–H and O–H groups in total. The number of sulfonamides is 1. The van der Waals surface area contributed by atoms with Crippen molar-refractivity contribution in [1.82, 2.24) is 18.8 Å². The second-order valence-electron chi connectivity index (χ2n) is 9.15. The summed E-state index contributed by atoms with van der Waals surface area (Å²) in [5.41, 5.74) is -0.233. The molecule has 214 valence electrons. The minimum Gasteiger partial charge on any atom is -0.436 e. The summed E-state index contributed by atoms with van der Waals surface area (Å²) in [6, 6.07) is 17.0. The second kappa shape index (κ2) is 12.4. The lowest BCUT2D eigenvalue weighted by atomic mass is 10.1. The van der Waals surface area contributed by atoms with Gasteiger partial charge in [-0.05, 0) is 54.1 Å². The Balaban J connectivity index is 1.65. The van der Waals surface area contributed by atoms with Crippen molar-refractivity contribution >= 4 is 39.0 Å². The van der Waals surface area contributed by atoms with Crippen LogP contribution in [0.1, 0.15) is 12.5 Å². The van der Waals surface area contributed by atoms with E-state index < -0.39 is 38.9 Å². The maximum atomic E-state index is 13.9. The van der Waals surface area contributed by atoms with Crippen LogP contribution in [0.2, 0.25) is 5.02 Å². The fourth-order valence-electron chi connectivity index (χ4n) is 3.76. The standard InChI is InChI=1S/C27H25ClFN5O6S/c1-17(25(36)32-41(2,38)39)15-34-24(35)14-23(33(27(34)37)16-18-5-7-19(28)8-6-18)31-20-9-11-21(12-10-20)40-26-22(29)4-3-13-30-26/h3-14,17,31H,15-16H2,1-2H3,(H,32,36). The van der Waals surface area contributed by atoms with Gasteiger partial charge in [-0.1, -0.05) is 30.7 Å². The first-order chi connectivity index (χ1) is 19.4. The molecule has 0 saturated carbocycles. The molecule has 11 nitrogen and oxygen atoms in total. The highest BCUT2D eigenvalue weighted by Crippen LogP contribution is 2.25. The first-order valence-electron chi connectivity index (χ1n) is 12.2. The Morgan fingerprint density at radius 3 is 2.39 bits per heavy atom. The van der Waals surface area contributed by atoms with Crippen LogP contribution >= 0.6 is 11.6 Å². The molecule has 4 rings (SSSR count). The van der Waals surface area contributed by atoms with Crippen LogP contribution in [0.5, 0.6) is 11.6 Å². The molecule has 0 saturated heterocycles. The molecule has 41 heavy (non-hydrogen) atoms. The number of anilines is 2. The zero-order valence-electron chi connectivity index (χ0n) is 21.9. The van der Waals surface area contributed by atoms with Gasteiger partial charge in [-0.25, -0.2) is 22.6 Å². The van der Waals surface area contributed by atoms with Crippen LogP contribution < -0.4 is 26.0 Å². The number of nitrogens with one attached hydrogen (secondary N) is 2. The third kappa shape index (κ3) is 7.80. The van der Waals surface area contributed by atoms with Crippen LogP contribution in [-0.2, 0) is 27.9 Å². The van der Waals surface area contributed by atoms with E-state index >= 15 is 0 Å². The van der Waals surface area contributed by atoms with Crippen LogP contribution in [0.4, 0.5) is 15.9 Å². The van der Waals surface area contributed by atoms with Crippen molar-refractivity contribution in [2.24, 2.45) is 5.92 Å². The van der Waals surface area contributed by atoms with Crippen molar-refractivity contribution in [2.75, 3.05) is 11.6 Å². The van der Waals surface area contributed by atoms with E-state index in [1.165, 1.54) is 35.9 Å². The lowest BCUT2D eigenvalue weighted by Crippen LogP contribution is -2.44. The molecule has 1 atom stereocenters. The molecule has 0 aliphatic heterocycles. The Labute approximate surface area is 239 Å². The third-order valence-electron chi connectivity index (χ3n) is 5.79. The van der Waals surface area contributed by atoms with Crippen molar-refractivity contribution in [2.45, 2.75) is 20.0 Å². The van der Waals surface area contributed by atoms with E-state index in [1.807, 2.05) is 4.72 Å². The van der Waals surface area contributed by atoms with Gasteiger partial charge in [0.2, 0.25) is 15.9 Å². The monoisotopic (exact) mass is 601 g/mol. The van der Waals surface area contributed by atoms with Gasteiger partial charge >= 0.3 is 5.69 Å². The molecule has 4 aromatic rings. The number of halogens is 2. The number of carbonyl (C=O) groups excluding carboxylic acids is 1. The number of pyridine rings is 1.